The van der Waals surface area contributed by atoms with Gasteiger partial charge < -0.3 is 19.8 Å². The van der Waals surface area contributed by atoms with Crippen LogP contribution >= 0.6 is 0 Å². The minimum atomic E-state index is -3.88. The summed E-state index contributed by atoms with van der Waals surface area (Å²) in [4.78, 5) is 12.9. The number of halogens is 2. The Morgan fingerprint density at radius 1 is 1.08 bits per heavy atom. The third-order valence-electron chi connectivity index (χ3n) is 6.71. The molecule has 0 saturated heterocycles. The minimum Gasteiger partial charge on any atom is -0.455 e. The Morgan fingerprint density at radius 2 is 1.79 bits per heavy atom. The Labute approximate surface area is 223 Å². The molecule has 1 amide bonds. The van der Waals surface area contributed by atoms with E-state index in [1.165, 1.54) is 43.4 Å². The fourth-order valence-corrected chi connectivity index (χ4v) is 5.74. The van der Waals surface area contributed by atoms with Crippen LogP contribution in [0.15, 0.2) is 59.0 Å². The van der Waals surface area contributed by atoms with E-state index >= 15 is 0 Å². The lowest BCUT2D eigenvalue weighted by Gasteiger charge is -2.12. The molecule has 5 rings (SSSR count). The summed E-state index contributed by atoms with van der Waals surface area (Å²) in [7, 11) is -4.36. The molecule has 202 valence electrons. The summed E-state index contributed by atoms with van der Waals surface area (Å²) in [5.41, 5.74) is 2.43. The molecule has 4 N–H and O–H groups in total. The summed E-state index contributed by atoms with van der Waals surface area (Å²) in [5.74, 6) is -1.65. The smallest absolute Gasteiger partial charge is 0.455 e. The summed E-state index contributed by atoms with van der Waals surface area (Å²) in [6.07, 6.45) is 1.76. The molecule has 39 heavy (non-hydrogen) atoms. The van der Waals surface area contributed by atoms with Gasteiger partial charge in [-0.2, -0.15) is 0 Å². The lowest BCUT2D eigenvalue weighted by molar-refractivity contribution is 0.0964. The number of hydrogen-bond donors (Lipinski definition) is 4. The zero-order chi connectivity index (χ0) is 27.9. The molecule has 0 radical (unpaired) electrons. The van der Waals surface area contributed by atoms with Gasteiger partial charge in [0.15, 0.2) is 0 Å². The molecule has 1 aliphatic carbocycles. The number of amides is 1. The average molecular weight is 554 g/mol. The maximum atomic E-state index is 14.1. The van der Waals surface area contributed by atoms with Crippen molar-refractivity contribution in [2.75, 3.05) is 7.05 Å². The second kappa shape index (κ2) is 10.5. The van der Waals surface area contributed by atoms with Crippen LogP contribution in [-0.4, -0.2) is 38.5 Å². The van der Waals surface area contributed by atoms with Crippen LogP contribution in [0.4, 0.5) is 8.78 Å². The van der Waals surface area contributed by atoms with Crippen molar-refractivity contribution in [3.8, 4) is 11.3 Å². The largest absolute Gasteiger partial charge is 0.491 e. The van der Waals surface area contributed by atoms with E-state index in [-0.39, 0.29) is 40.9 Å². The van der Waals surface area contributed by atoms with Crippen LogP contribution in [-0.2, 0) is 22.3 Å². The molecule has 0 bridgehead atoms. The minimum absolute atomic E-state index is 0.146. The summed E-state index contributed by atoms with van der Waals surface area (Å²) in [5, 5.41) is 21.5. The van der Waals surface area contributed by atoms with Gasteiger partial charge in [-0.05, 0) is 77.9 Å². The van der Waals surface area contributed by atoms with E-state index in [1.807, 2.05) is 0 Å². The molecule has 8 nitrogen and oxygen atoms in total. The first-order chi connectivity index (χ1) is 18.6. The average Bonchev–Trinajstić information content (AvgIpc) is 3.67. The number of carbonyl (C=O) groups excluding carboxylic acids is 1. The molecular formula is C27H25BF2N2O6S. The second-order valence-corrected chi connectivity index (χ2v) is 11.3. The number of hydrogen-bond acceptors (Lipinski definition) is 6. The van der Waals surface area contributed by atoms with Crippen molar-refractivity contribution >= 4 is 39.5 Å². The Bertz CT molecular complexity index is 1670. The van der Waals surface area contributed by atoms with Crippen LogP contribution in [0, 0.1) is 11.6 Å². The van der Waals surface area contributed by atoms with Crippen molar-refractivity contribution < 1.29 is 36.5 Å². The molecule has 12 heteroatoms. The highest BCUT2D eigenvalue weighted by atomic mass is 32.2. The van der Waals surface area contributed by atoms with Crippen molar-refractivity contribution in [1.82, 2.24) is 10.0 Å². The van der Waals surface area contributed by atoms with Crippen LogP contribution in [0.3, 0.4) is 0 Å². The van der Waals surface area contributed by atoms with Gasteiger partial charge in [-0.3, -0.25) is 4.79 Å². The maximum Gasteiger partial charge on any atom is 0.491 e. The number of sulfonamides is 1. The molecule has 0 atom stereocenters. The highest BCUT2D eigenvalue weighted by Gasteiger charge is 2.31. The molecule has 1 fully saturated rings. The van der Waals surface area contributed by atoms with E-state index in [1.54, 1.807) is 12.1 Å². The van der Waals surface area contributed by atoms with Gasteiger partial charge in [0.2, 0.25) is 10.0 Å². The van der Waals surface area contributed by atoms with E-state index in [4.69, 9.17) is 14.5 Å². The van der Waals surface area contributed by atoms with Crippen LogP contribution < -0.4 is 15.5 Å². The van der Waals surface area contributed by atoms with E-state index in [2.05, 4.69) is 10.0 Å². The fourth-order valence-electron chi connectivity index (χ4n) is 4.60. The molecule has 0 aliphatic heterocycles. The van der Waals surface area contributed by atoms with Crippen LogP contribution in [0.2, 0.25) is 0 Å². The number of furan rings is 1. The van der Waals surface area contributed by atoms with Crippen LogP contribution in [0.25, 0.3) is 22.3 Å². The molecular weight excluding hydrogens is 529 g/mol. The topological polar surface area (TPSA) is 129 Å². The molecule has 3 aromatic carbocycles. The van der Waals surface area contributed by atoms with Gasteiger partial charge in [-0.1, -0.05) is 12.1 Å². The molecule has 4 aromatic rings. The summed E-state index contributed by atoms with van der Waals surface area (Å²) in [6, 6.07) is 12.6. The lowest BCUT2D eigenvalue weighted by atomic mass is 9.79. The molecule has 0 unspecified atom stereocenters. The zero-order valence-electron chi connectivity index (χ0n) is 20.9. The molecule has 1 saturated carbocycles. The first-order valence-electron chi connectivity index (χ1n) is 12.3. The zero-order valence-corrected chi connectivity index (χ0v) is 21.7. The van der Waals surface area contributed by atoms with E-state index in [0.717, 1.165) is 24.5 Å². The molecule has 1 heterocycles. The summed E-state index contributed by atoms with van der Waals surface area (Å²) >= 11 is 0. The number of rotatable bonds is 9. The van der Waals surface area contributed by atoms with Gasteiger partial charge >= 0.3 is 7.12 Å². The van der Waals surface area contributed by atoms with Gasteiger partial charge in [-0.25, -0.2) is 21.9 Å². The summed E-state index contributed by atoms with van der Waals surface area (Å²) < 4.78 is 62.2. The summed E-state index contributed by atoms with van der Waals surface area (Å²) in [6.45, 7) is -0.196. The van der Waals surface area contributed by atoms with Gasteiger partial charge in [0.25, 0.3) is 5.91 Å². The number of carbonyl (C=O) groups is 1. The number of fused-ring (bicyclic) bond motifs is 1. The maximum absolute atomic E-state index is 14.1. The predicted molar refractivity (Wildman–Crippen MR) is 143 cm³/mol. The fraction of sp³-hybridized carbons (Fsp3) is 0.222. The van der Waals surface area contributed by atoms with Gasteiger partial charge in [0, 0.05) is 30.0 Å². The Hall–Kier alpha value is -3.58. The number of benzene rings is 3. The first-order valence-corrected chi connectivity index (χ1v) is 13.9. The van der Waals surface area contributed by atoms with Gasteiger partial charge in [0.05, 0.1) is 11.3 Å². The van der Waals surface area contributed by atoms with Crippen molar-refractivity contribution in [2.24, 2.45) is 0 Å². The van der Waals surface area contributed by atoms with Gasteiger partial charge in [-0.15, -0.1) is 0 Å². The Morgan fingerprint density at radius 3 is 2.41 bits per heavy atom. The third kappa shape index (κ3) is 5.74. The molecule has 1 aromatic heterocycles. The molecule has 1 aliphatic rings. The Kier molecular flexibility index (Phi) is 7.30. The monoisotopic (exact) mass is 554 g/mol. The highest BCUT2D eigenvalue weighted by Crippen LogP contribution is 2.45. The SMILES string of the molecule is CNC(=O)c1c(-c2ccc(F)cc2)oc2cc(CS(=O)(=O)NCc3ccc(B(O)O)c(F)c3)c(C3CC3)cc12. The van der Waals surface area contributed by atoms with Crippen molar-refractivity contribution in [1.29, 1.82) is 0 Å². The van der Waals surface area contributed by atoms with Crippen molar-refractivity contribution in [2.45, 2.75) is 31.1 Å². The first kappa shape index (κ1) is 27.0. The standard InChI is InChI=1S/C27H25BF2N2O6S/c1-31-27(33)25-21-12-20(16-3-4-16)18(11-24(21)38-26(25)17-5-7-19(29)8-6-17)14-39(36,37)32-13-15-2-9-22(28(34)35)23(30)10-15/h2,5-12,16,32,34-35H,3-4,13-14H2,1H3,(H,31,33). The van der Waals surface area contributed by atoms with Crippen LogP contribution in [0.1, 0.15) is 45.8 Å². The van der Waals surface area contributed by atoms with Crippen molar-refractivity contribution in [3.63, 3.8) is 0 Å². The normalized spacial score (nSPS) is 13.6. The Balaban J connectivity index is 1.48. The lowest BCUT2D eigenvalue weighted by Crippen LogP contribution is -2.33. The van der Waals surface area contributed by atoms with E-state index in [0.29, 0.717) is 27.7 Å². The highest BCUT2D eigenvalue weighted by molar-refractivity contribution is 7.88. The van der Waals surface area contributed by atoms with E-state index in [9.17, 15) is 22.0 Å². The second-order valence-electron chi connectivity index (χ2n) is 9.52. The van der Waals surface area contributed by atoms with Gasteiger partial charge in [0.1, 0.15) is 23.0 Å². The molecule has 0 spiro atoms. The number of nitrogens with one attached hydrogen (secondary N) is 2. The van der Waals surface area contributed by atoms with Crippen molar-refractivity contribution in [3.05, 3.63) is 88.5 Å². The van der Waals surface area contributed by atoms with Crippen LogP contribution in [0.5, 0.6) is 0 Å². The quantitative estimate of drug-likeness (QED) is 0.236. The predicted octanol–water partition coefficient (Wildman–Crippen LogP) is 2.91. The third-order valence-corrected chi connectivity index (χ3v) is 7.99. The van der Waals surface area contributed by atoms with E-state index < -0.39 is 28.8 Å².